The molecule has 3 fully saturated rings. The minimum absolute atomic E-state index is 0.0549. The number of esters is 1. The molecule has 224 valence electrons. The average molecular weight is 543 g/mol. The molecule has 0 saturated heterocycles. The van der Waals surface area contributed by atoms with Crippen molar-refractivity contribution in [3.05, 3.63) is 11.6 Å². The van der Waals surface area contributed by atoms with Gasteiger partial charge in [0.25, 0.3) is 0 Å². The standard InChI is InChI=1S/C36H62O3/c1-11-26(4)31(37)39-24-38-28-16-19-34(8)27(23-28)14-15-29-33(7)21-22-35(9,30(33)17-20-36(29,34)10)32(5,6)18-12-13-25(2)3/h14,25-26,28-30H,11-13,15-24H2,1-10H3/t26?,28?,29-,30-,33-,34-,35-,36-/m0/s1. The van der Waals surface area contributed by atoms with E-state index in [9.17, 15) is 4.79 Å². The topological polar surface area (TPSA) is 35.5 Å². The van der Waals surface area contributed by atoms with Gasteiger partial charge in [0, 0.05) is 0 Å². The van der Waals surface area contributed by atoms with Crippen molar-refractivity contribution in [3.63, 3.8) is 0 Å². The van der Waals surface area contributed by atoms with Gasteiger partial charge in [-0.2, -0.15) is 0 Å². The van der Waals surface area contributed by atoms with Crippen LogP contribution in [0.15, 0.2) is 11.6 Å². The second-order valence-electron chi connectivity index (χ2n) is 16.4. The molecule has 2 unspecified atom stereocenters. The fourth-order valence-corrected chi connectivity index (χ4v) is 10.3. The fourth-order valence-electron chi connectivity index (χ4n) is 10.3. The number of carbonyl (C=O) groups excluding carboxylic acids is 1. The van der Waals surface area contributed by atoms with Crippen molar-refractivity contribution in [3.8, 4) is 0 Å². The molecule has 4 aliphatic rings. The Morgan fingerprint density at radius 2 is 1.74 bits per heavy atom. The van der Waals surface area contributed by atoms with Crippen molar-refractivity contribution >= 4 is 5.97 Å². The molecule has 0 bridgehead atoms. The zero-order chi connectivity index (χ0) is 28.9. The van der Waals surface area contributed by atoms with Crippen LogP contribution in [0.1, 0.15) is 146 Å². The van der Waals surface area contributed by atoms with Crippen molar-refractivity contribution in [2.75, 3.05) is 6.79 Å². The summed E-state index contributed by atoms with van der Waals surface area (Å²) in [6.07, 6.45) is 17.8. The minimum Gasteiger partial charge on any atom is -0.438 e. The van der Waals surface area contributed by atoms with E-state index in [0.717, 1.165) is 37.0 Å². The van der Waals surface area contributed by atoms with Gasteiger partial charge >= 0.3 is 5.97 Å². The van der Waals surface area contributed by atoms with Gasteiger partial charge in [-0.15, -0.1) is 0 Å². The van der Waals surface area contributed by atoms with E-state index in [-0.39, 0.29) is 30.2 Å². The Kier molecular flexibility index (Phi) is 8.86. The molecule has 4 aliphatic carbocycles. The lowest BCUT2D eigenvalue weighted by molar-refractivity contribution is -0.171. The summed E-state index contributed by atoms with van der Waals surface area (Å²) in [6, 6.07) is 0. The molecule has 0 heterocycles. The Morgan fingerprint density at radius 1 is 1.03 bits per heavy atom. The van der Waals surface area contributed by atoms with E-state index in [2.05, 4.69) is 61.5 Å². The number of ether oxygens (including phenoxy) is 2. The first kappa shape index (κ1) is 31.1. The van der Waals surface area contributed by atoms with Gasteiger partial charge in [0.15, 0.2) is 6.79 Å². The van der Waals surface area contributed by atoms with Crippen LogP contribution in [0.2, 0.25) is 0 Å². The molecule has 0 aromatic carbocycles. The van der Waals surface area contributed by atoms with Gasteiger partial charge in [0.1, 0.15) is 0 Å². The first-order chi connectivity index (χ1) is 18.1. The Morgan fingerprint density at radius 3 is 2.41 bits per heavy atom. The third-order valence-corrected chi connectivity index (χ3v) is 13.9. The largest absolute Gasteiger partial charge is 0.438 e. The van der Waals surface area contributed by atoms with Crippen LogP contribution in [-0.4, -0.2) is 18.9 Å². The van der Waals surface area contributed by atoms with Crippen LogP contribution in [0.3, 0.4) is 0 Å². The van der Waals surface area contributed by atoms with Gasteiger partial charge in [0.05, 0.1) is 12.0 Å². The second kappa shape index (κ2) is 11.1. The average Bonchev–Trinajstić information content (AvgIpc) is 3.15. The maximum Gasteiger partial charge on any atom is 0.310 e. The SMILES string of the molecule is CCC(C)C(=O)OCOC1CC[C@@]2(C)C(=CC[C@H]3[C@]4(C)CC[C@](C)(C(C)(C)CCCC(C)C)[C@H]4CC[C@@]32C)C1. The Balaban J connectivity index is 1.48. The lowest BCUT2D eigenvalue weighted by atomic mass is 9.38. The molecule has 0 aromatic rings. The van der Waals surface area contributed by atoms with E-state index < -0.39 is 0 Å². The molecule has 0 amide bonds. The Labute approximate surface area is 241 Å². The smallest absolute Gasteiger partial charge is 0.310 e. The molecule has 0 spiro atoms. The maximum absolute atomic E-state index is 12.1. The highest BCUT2D eigenvalue weighted by Gasteiger charge is 2.68. The van der Waals surface area contributed by atoms with Crippen molar-refractivity contribution in [1.82, 2.24) is 0 Å². The van der Waals surface area contributed by atoms with E-state index in [1.165, 1.54) is 57.8 Å². The molecule has 0 aromatic heterocycles. The number of fused-ring (bicyclic) bond motifs is 5. The highest BCUT2D eigenvalue weighted by molar-refractivity contribution is 5.71. The van der Waals surface area contributed by atoms with Gasteiger partial charge in [0.2, 0.25) is 0 Å². The van der Waals surface area contributed by atoms with Crippen LogP contribution in [0, 0.1) is 50.7 Å². The Bertz CT molecular complexity index is 918. The molecule has 0 aliphatic heterocycles. The molecular formula is C36H62O3. The summed E-state index contributed by atoms with van der Waals surface area (Å²) in [4.78, 5) is 12.1. The highest BCUT2D eigenvalue weighted by atomic mass is 16.7. The third-order valence-electron chi connectivity index (χ3n) is 13.9. The van der Waals surface area contributed by atoms with Crippen LogP contribution in [0.4, 0.5) is 0 Å². The first-order valence-electron chi connectivity index (χ1n) is 16.6. The molecular weight excluding hydrogens is 480 g/mol. The monoisotopic (exact) mass is 542 g/mol. The zero-order valence-corrected chi connectivity index (χ0v) is 27.4. The molecule has 39 heavy (non-hydrogen) atoms. The number of rotatable bonds is 10. The van der Waals surface area contributed by atoms with Gasteiger partial charge in [-0.25, -0.2) is 0 Å². The van der Waals surface area contributed by atoms with Crippen LogP contribution in [-0.2, 0) is 14.3 Å². The summed E-state index contributed by atoms with van der Waals surface area (Å²) in [6.45, 7) is 24.7. The fraction of sp³-hybridized carbons (Fsp3) is 0.917. The maximum atomic E-state index is 12.1. The van der Waals surface area contributed by atoms with Crippen LogP contribution >= 0.6 is 0 Å². The molecule has 0 radical (unpaired) electrons. The summed E-state index contributed by atoms with van der Waals surface area (Å²) >= 11 is 0. The summed E-state index contributed by atoms with van der Waals surface area (Å²) in [5.41, 5.74) is 3.49. The van der Waals surface area contributed by atoms with Gasteiger partial charge in [-0.05, 0) is 109 Å². The lowest BCUT2D eigenvalue weighted by Gasteiger charge is -2.66. The van der Waals surface area contributed by atoms with Crippen molar-refractivity contribution in [1.29, 1.82) is 0 Å². The number of hydrogen-bond donors (Lipinski definition) is 0. The highest BCUT2D eigenvalue weighted by Crippen LogP contribution is 2.76. The van der Waals surface area contributed by atoms with Crippen molar-refractivity contribution in [2.24, 2.45) is 50.7 Å². The van der Waals surface area contributed by atoms with E-state index in [1.807, 2.05) is 13.8 Å². The number of allylic oxidation sites excluding steroid dienone is 1. The number of carbonyl (C=O) groups is 1. The molecule has 8 atom stereocenters. The van der Waals surface area contributed by atoms with E-state index in [4.69, 9.17) is 9.47 Å². The van der Waals surface area contributed by atoms with Crippen LogP contribution in [0.25, 0.3) is 0 Å². The minimum atomic E-state index is -0.137. The summed E-state index contributed by atoms with van der Waals surface area (Å²) in [5.74, 6) is 2.21. The first-order valence-corrected chi connectivity index (χ1v) is 16.6. The van der Waals surface area contributed by atoms with E-state index in [1.54, 1.807) is 5.57 Å². The molecule has 3 nitrogen and oxygen atoms in total. The lowest BCUT2D eigenvalue weighted by Crippen LogP contribution is -2.59. The summed E-state index contributed by atoms with van der Waals surface area (Å²) in [5, 5.41) is 0. The van der Waals surface area contributed by atoms with Crippen molar-refractivity contribution < 1.29 is 14.3 Å². The van der Waals surface area contributed by atoms with Gasteiger partial charge < -0.3 is 9.47 Å². The number of hydrogen-bond acceptors (Lipinski definition) is 3. The molecule has 0 N–H and O–H groups in total. The normalized spacial score (nSPS) is 40.9. The zero-order valence-electron chi connectivity index (χ0n) is 27.4. The van der Waals surface area contributed by atoms with E-state index >= 15 is 0 Å². The van der Waals surface area contributed by atoms with Crippen LogP contribution < -0.4 is 0 Å². The van der Waals surface area contributed by atoms with Gasteiger partial charge in [-0.1, -0.05) is 93.7 Å². The predicted octanol–water partition coefficient (Wildman–Crippen LogP) is 10.1. The molecule has 4 rings (SSSR count). The third kappa shape index (κ3) is 5.18. The predicted molar refractivity (Wildman–Crippen MR) is 162 cm³/mol. The second-order valence-corrected chi connectivity index (χ2v) is 16.4. The van der Waals surface area contributed by atoms with Crippen LogP contribution in [0.5, 0.6) is 0 Å². The quantitative estimate of drug-likeness (QED) is 0.156. The van der Waals surface area contributed by atoms with Crippen molar-refractivity contribution in [2.45, 2.75) is 152 Å². The van der Waals surface area contributed by atoms with E-state index in [0.29, 0.717) is 21.7 Å². The van der Waals surface area contributed by atoms with Gasteiger partial charge in [-0.3, -0.25) is 4.79 Å². The summed E-state index contributed by atoms with van der Waals surface area (Å²) in [7, 11) is 0. The molecule has 3 saturated carbocycles. The summed E-state index contributed by atoms with van der Waals surface area (Å²) < 4.78 is 11.6. The Hall–Kier alpha value is -0.830. The molecule has 3 heteroatoms.